The highest BCUT2D eigenvalue weighted by Gasteiger charge is 2.24. The van der Waals surface area contributed by atoms with Gasteiger partial charge in [-0.05, 0) is 43.5 Å². The third-order valence-electron chi connectivity index (χ3n) is 5.41. The number of halogens is 2. The van der Waals surface area contributed by atoms with Gasteiger partial charge in [0.25, 0.3) is 0 Å². The molecule has 1 aliphatic rings. The number of para-hydroxylation sites is 1. The Morgan fingerprint density at radius 3 is 2.93 bits per heavy atom. The maximum atomic E-state index is 12.0. The zero-order valence-electron chi connectivity index (χ0n) is 16.4. The van der Waals surface area contributed by atoms with Gasteiger partial charge in [-0.15, -0.1) is 0 Å². The van der Waals surface area contributed by atoms with Crippen molar-refractivity contribution in [3.8, 4) is 11.3 Å². The lowest BCUT2D eigenvalue weighted by molar-refractivity contribution is -0.121. The van der Waals surface area contributed by atoms with Crippen molar-refractivity contribution in [3.63, 3.8) is 0 Å². The minimum absolute atomic E-state index is 0.0122. The number of anilines is 1. The van der Waals surface area contributed by atoms with E-state index in [2.05, 4.69) is 25.4 Å². The van der Waals surface area contributed by atoms with Crippen molar-refractivity contribution < 1.29 is 4.79 Å². The molecule has 2 atom stereocenters. The topological polar surface area (TPSA) is 94.7 Å². The molecule has 1 aromatic carbocycles. The van der Waals surface area contributed by atoms with Crippen molar-refractivity contribution >= 4 is 46.1 Å². The van der Waals surface area contributed by atoms with E-state index in [4.69, 9.17) is 28.4 Å². The van der Waals surface area contributed by atoms with E-state index in [1.165, 1.54) is 0 Å². The van der Waals surface area contributed by atoms with Gasteiger partial charge in [0.1, 0.15) is 0 Å². The summed E-state index contributed by atoms with van der Waals surface area (Å²) in [6.45, 7) is 0.455. The Kier molecular flexibility index (Phi) is 6.72. The van der Waals surface area contributed by atoms with Crippen LogP contribution in [0.25, 0.3) is 22.2 Å². The molecule has 3 aromatic rings. The lowest BCUT2D eigenvalue weighted by Gasteiger charge is -2.30. The second-order valence-corrected chi connectivity index (χ2v) is 8.22. The largest absolute Gasteiger partial charge is 0.360 e. The summed E-state index contributed by atoms with van der Waals surface area (Å²) >= 11 is 11.9. The molecule has 4 rings (SSSR count). The molecule has 1 saturated carbocycles. The molecule has 0 spiro atoms. The first kappa shape index (κ1) is 20.9. The number of benzene rings is 1. The van der Waals surface area contributed by atoms with Crippen LogP contribution in [0.15, 0.2) is 36.7 Å². The fourth-order valence-electron chi connectivity index (χ4n) is 3.99. The van der Waals surface area contributed by atoms with Crippen LogP contribution in [-0.2, 0) is 4.79 Å². The predicted octanol–water partition coefficient (Wildman–Crippen LogP) is 4.25. The van der Waals surface area contributed by atoms with Crippen molar-refractivity contribution in [2.45, 2.75) is 44.2 Å². The van der Waals surface area contributed by atoms with Crippen LogP contribution >= 0.6 is 23.4 Å². The Labute approximate surface area is 185 Å². The second-order valence-electron chi connectivity index (χ2n) is 7.54. The van der Waals surface area contributed by atoms with Crippen LogP contribution in [-0.4, -0.2) is 39.5 Å². The molecule has 0 aliphatic heterocycles. The maximum absolute atomic E-state index is 12.0. The van der Waals surface area contributed by atoms with Gasteiger partial charge in [-0.1, -0.05) is 29.8 Å². The molecule has 1 amide bonds. The Hall–Kier alpha value is -2.35. The van der Waals surface area contributed by atoms with Gasteiger partial charge in [0.05, 0.1) is 16.9 Å². The SMILES string of the molecule is O=C(CCNCl)N[C@H]1CCC[C@@H](Nc2ncc(Cl)c(-c3c[nH]c4ccccc34)n2)C1. The molecular formula is C21H24Cl2N6O. The number of nitrogens with one attached hydrogen (secondary N) is 4. The summed E-state index contributed by atoms with van der Waals surface area (Å²) in [6.07, 6.45) is 7.75. The minimum atomic E-state index is 0.0122. The quantitative estimate of drug-likeness (QED) is 0.407. The lowest BCUT2D eigenvalue weighted by Crippen LogP contribution is -2.42. The average molecular weight is 447 g/mol. The highest BCUT2D eigenvalue weighted by atomic mass is 35.5. The second kappa shape index (κ2) is 9.64. The molecule has 4 N–H and O–H groups in total. The number of fused-ring (bicyclic) bond motifs is 1. The number of hydrogen-bond acceptors (Lipinski definition) is 5. The van der Waals surface area contributed by atoms with Crippen LogP contribution < -0.4 is 15.5 Å². The third kappa shape index (κ3) is 4.86. The molecule has 30 heavy (non-hydrogen) atoms. The molecule has 0 unspecified atom stereocenters. The van der Waals surface area contributed by atoms with Crippen molar-refractivity contribution in [1.82, 2.24) is 25.1 Å². The van der Waals surface area contributed by atoms with E-state index in [1.807, 2.05) is 30.5 Å². The Morgan fingerprint density at radius 2 is 2.07 bits per heavy atom. The first-order valence-electron chi connectivity index (χ1n) is 10.1. The summed E-state index contributed by atoms with van der Waals surface area (Å²) in [5.41, 5.74) is 2.68. The Morgan fingerprint density at radius 1 is 1.23 bits per heavy atom. The molecule has 1 aliphatic carbocycles. The molecular weight excluding hydrogens is 423 g/mol. The zero-order valence-corrected chi connectivity index (χ0v) is 17.9. The summed E-state index contributed by atoms with van der Waals surface area (Å²) in [5, 5.41) is 8.09. The van der Waals surface area contributed by atoms with Gasteiger partial charge in [0, 0.05) is 47.7 Å². The first-order valence-corrected chi connectivity index (χ1v) is 10.9. The maximum Gasteiger partial charge on any atom is 0.223 e. The summed E-state index contributed by atoms with van der Waals surface area (Å²) in [7, 11) is 0. The highest BCUT2D eigenvalue weighted by molar-refractivity contribution is 6.33. The molecule has 7 nitrogen and oxygen atoms in total. The van der Waals surface area contributed by atoms with Crippen LogP contribution in [0.1, 0.15) is 32.1 Å². The zero-order chi connectivity index (χ0) is 20.9. The Bertz CT molecular complexity index is 1020. The first-order chi connectivity index (χ1) is 14.6. The van der Waals surface area contributed by atoms with Crippen LogP contribution in [0.3, 0.4) is 0 Å². The predicted molar refractivity (Wildman–Crippen MR) is 121 cm³/mol. The summed E-state index contributed by atoms with van der Waals surface area (Å²) in [5.74, 6) is 0.557. The van der Waals surface area contributed by atoms with Crippen LogP contribution in [0.2, 0.25) is 5.02 Å². The normalized spacial score (nSPS) is 19.0. The van der Waals surface area contributed by atoms with E-state index in [-0.39, 0.29) is 18.0 Å². The fourth-order valence-corrected chi connectivity index (χ4v) is 4.28. The van der Waals surface area contributed by atoms with Crippen LogP contribution in [0.5, 0.6) is 0 Å². The number of carbonyl (C=O) groups is 1. The Balaban J connectivity index is 1.46. The number of aromatic nitrogens is 3. The molecule has 2 aromatic heterocycles. The molecule has 0 saturated heterocycles. The van der Waals surface area contributed by atoms with Gasteiger partial charge in [-0.3, -0.25) is 4.79 Å². The number of H-pyrrole nitrogens is 1. The molecule has 158 valence electrons. The number of hydrogen-bond donors (Lipinski definition) is 4. The minimum Gasteiger partial charge on any atom is -0.360 e. The number of nitrogens with zero attached hydrogens (tertiary/aromatic N) is 2. The fraction of sp³-hybridized carbons (Fsp3) is 0.381. The van der Waals surface area contributed by atoms with Crippen LogP contribution in [0, 0.1) is 0 Å². The number of aromatic amines is 1. The highest BCUT2D eigenvalue weighted by Crippen LogP contribution is 2.32. The van der Waals surface area contributed by atoms with Gasteiger partial charge < -0.3 is 15.6 Å². The number of amides is 1. The smallest absolute Gasteiger partial charge is 0.223 e. The van der Waals surface area contributed by atoms with Crippen molar-refractivity contribution in [1.29, 1.82) is 0 Å². The van der Waals surface area contributed by atoms with Crippen molar-refractivity contribution in [3.05, 3.63) is 41.7 Å². The van der Waals surface area contributed by atoms with E-state index in [9.17, 15) is 4.79 Å². The van der Waals surface area contributed by atoms with E-state index in [0.717, 1.165) is 42.1 Å². The van der Waals surface area contributed by atoms with Gasteiger partial charge in [0.2, 0.25) is 11.9 Å². The lowest BCUT2D eigenvalue weighted by atomic mass is 9.91. The molecule has 2 heterocycles. The van der Waals surface area contributed by atoms with Crippen molar-refractivity contribution in [2.24, 2.45) is 0 Å². The summed E-state index contributed by atoms with van der Waals surface area (Å²) in [4.78, 5) is 26.8. The molecule has 0 bridgehead atoms. The van der Waals surface area contributed by atoms with Crippen LogP contribution in [0.4, 0.5) is 5.95 Å². The van der Waals surface area contributed by atoms with E-state index >= 15 is 0 Å². The van der Waals surface area contributed by atoms with E-state index < -0.39 is 0 Å². The summed E-state index contributed by atoms with van der Waals surface area (Å²) in [6, 6.07) is 8.37. The van der Waals surface area contributed by atoms with E-state index in [1.54, 1.807) is 6.20 Å². The summed E-state index contributed by atoms with van der Waals surface area (Å²) < 4.78 is 0. The molecule has 1 fully saturated rings. The molecule has 9 heteroatoms. The standard InChI is InChI=1S/C21H24Cl2N6O/c22-17-12-25-21(29-20(17)16-11-24-18-7-2-1-6-15(16)18)28-14-5-3-4-13(10-14)27-19(30)8-9-26-23/h1-2,6-7,11-14,24,26H,3-5,8-10H2,(H,27,30)(H,25,28,29)/t13-,14+/m0/s1. The van der Waals surface area contributed by atoms with Crippen molar-refractivity contribution in [2.75, 3.05) is 11.9 Å². The number of rotatable bonds is 7. The molecule has 0 radical (unpaired) electrons. The van der Waals surface area contributed by atoms with Gasteiger partial charge in [-0.2, -0.15) is 0 Å². The van der Waals surface area contributed by atoms with E-state index in [0.29, 0.717) is 29.6 Å². The monoisotopic (exact) mass is 446 g/mol. The number of carbonyl (C=O) groups excluding carboxylic acids is 1. The van der Waals surface area contributed by atoms with Gasteiger partial charge in [0.15, 0.2) is 0 Å². The third-order valence-corrected chi connectivity index (χ3v) is 5.87. The average Bonchev–Trinajstić information content (AvgIpc) is 3.18. The van der Waals surface area contributed by atoms with Gasteiger partial charge in [-0.25, -0.2) is 14.8 Å². The van der Waals surface area contributed by atoms with Gasteiger partial charge >= 0.3 is 0 Å².